The zero-order valence-electron chi connectivity index (χ0n) is 12.9. The molecule has 0 aromatic heterocycles. The molecular formula is C15H30F2N2. The Kier molecular flexibility index (Phi) is 13.4. The molecule has 0 unspecified atom stereocenters. The van der Waals surface area contributed by atoms with Crippen molar-refractivity contribution < 1.29 is 8.78 Å². The second-order valence-corrected chi connectivity index (χ2v) is 4.99. The van der Waals surface area contributed by atoms with Crippen LogP contribution in [0.4, 0.5) is 8.78 Å². The summed E-state index contributed by atoms with van der Waals surface area (Å²) < 4.78 is 23.4. The van der Waals surface area contributed by atoms with Crippen molar-refractivity contribution in [1.82, 2.24) is 0 Å². The third-order valence-electron chi connectivity index (χ3n) is 3.02. The maximum absolute atomic E-state index is 11.7. The predicted molar refractivity (Wildman–Crippen MR) is 77.0 cm³/mol. The van der Waals surface area contributed by atoms with Gasteiger partial charge in [-0.3, -0.25) is 0 Å². The number of nitrogens with zero attached hydrogens (tertiary/aromatic N) is 1. The highest BCUT2D eigenvalue weighted by Crippen LogP contribution is 2.35. The van der Waals surface area contributed by atoms with Gasteiger partial charge >= 0.3 is 0 Å². The summed E-state index contributed by atoms with van der Waals surface area (Å²) in [5, 5.41) is 7.32. The van der Waals surface area contributed by atoms with Gasteiger partial charge in [-0.05, 0) is 5.92 Å². The second kappa shape index (κ2) is 12.3. The van der Waals surface area contributed by atoms with E-state index in [-0.39, 0.29) is 18.9 Å². The van der Waals surface area contributed by atoms with Crippen molar-refractivity contribution in [3.63, 3.8) is 0 Å². The van der Waals surface area contributed by atoms with Crippen molar-refractivity contribution in [2.45, 2.75) is 84.6 Å². The lowest BCUT2D eigenvalue weighted by atomic mass is 9.89. The first kappa shape index (κ1) is 20.6. The van der Waals surface area contributed by atoms with Crippen molar-refractivity contribution in [2.75, 3.05) is 0 Å². The molecule has 0 radical (unpaired) electrons. The van der Waals surface area contributed by atoms with Crippen LogP contribution in [0.25, 0.3) is 0 Å². The highest BCUT2D eigenvalue weighted by molar-refractivity contribution is 4.88. The van der Waals surface area contributed by atoms with Crippen LogP contribution < -0.4 is 5.73 Å². The topological polar surface area (TPSA) is 49.8 Å². The normalized spacial score (nSPS) is 20.9. The van der Waals surface area contributed by atoms with E-state index in [0.717, 1.165) is 5.92 Å². The van der Waals surface area contributed by atoms with Gasteiger partial charge in [0.1, 0.15) is 0 Å². The lowest BCUT2D eigenvalue weighted by Crippen LogP contribution is -2.45. The third kappa shape index (κ3) is 13.5. The molecule has 0 bridgehead atoms. The molecular weight excluding hydrogens is 246 g/mol. The van der Waals surface area contributed by atoms with Crippen LogP contribution in [-0.4, -0.2) is 12.0 Å². The Balaban J connectivity index is 0. The molecule has 2 N–H and O–H groups in total. The number of alkyl halides is 2. The molecule has 0 aromatic carbocycles. The molecule has 2 rings (SSSR count). The minimum Gasteiger partial charge on any atom is -0.327 e. The SMILES string of the molecule is CC.CC#N.CC1CCCCC1.NC1CC(F)(F)C1. The Morgan fingerprint density at radius 3 is 1.58 bits per heavy atom. The first-order valence-electron chi connectivity index (χ1n) is 7.35. The van der Waals surface area contributed by atoms with E-state index in [1.165, 1.54) is 39.0 Å². The van der Waals surface area contributed by atoms with E-state index in [9.17, 15) is 8.78 Å². The molecule has 2 aliphatic rings. The zero-order chi connectivity index (χ0) is 15.3. The molecule has 0 aliphatic heterocycles. The summed E-state index contributed by atoms with van der Waals surface area (Å²) in [6, 6.07) is 1.51. The van der Waals surface area contributed by atoms with Crippen molar-refractivity contribution in [3.05, 3.63) is 0 Å². The zero-order valence-corrected chi connectivity index (χ0v) is 12.9. The number of hydrogen-bond donors (Lipinski definition) is 1. The largest absolute Gasteiger partial charge is 0.327 e. The summed E-state index contributed by atoms with van der Waals surface area (Å²) in [7, 11) is 0. The van der Waals surface area contributed by atoms with Crippen LogP contribution in [-0.2, 0) is 0 Å². The number of hydrogen-bond acceptors (Lipinski definition) is 2. The molecule has 4 heteroatoms. The summed E-state index contributed by atoms with van der Waals surface area (Å²) in [6.45, 7) is 7.79. The molecule has 0 spiro atoms. The van der Waals surface area contributed by atoms with Crippen molar-refractivity contribution >= 4 is 0 Å². The Bertz CT molecular complexity index is 223. The van der Waals surface area contributed by atoms with Gasteiger partial charge in [0.25, 0.3) is 5.92 Å². The first-order valence-corrected chi connectivity index (χ1v) is 7.35. The summed E-state index contributed by atoms with van der Waals surface area (Å²) in [6.07, 6.45) is 7.20. The van der Waals surface area contributed by atoms with E-state index >= 15 is 0 Å². The molecule has 0 atom stereocenters. The van der Waals surface area contributed by atoms with Crippen LogP contribution in [0.3, 0.4) is 0 Å². The van der Waals surface area contributed by atoms with Gasteiger partial charge in [0.15, 0.2) is 0 Å². The second-order valence-electron chi connectivity index (χ2n) is 4.99. The fraction of sp³-hybridized carbons (Fsp3) is 0.933. The maximum atomic E-state index is 11.7. The van der Waals surface area contributed by atoms with Gasteiger partial charge in [-0.25, -0.2) is 8.78 Å². The van der Waals surface area contributed by atoms with Crippen LogP contribution in [0.1, 0.15) is 72.6 Å². The fourth-order valence-electron chi connectivity index (χ4n) is 2.01. The summed E-state index contributed by atoms with van der Waals surface area (Å²) in [4.78, 5) is 0. The molecule has 2 aliphatic carbocycles. The minimum atomic E-state index is -2.43. The van der Waals surface area contributed by atoms with Gasteiger partial charge in [-0.2, -0.15) is 5.26 Å². The van der Waals surface area contributed by atoms with Gasteiger partial charge in [-0.15, -0.1) is 0 Å². The highest BCUT2D eigenvalue weighted by Gasteiger charge is 2.43. The monoisotopic (exact) mass is 276 g/mol. The van der Waals surface area contributed by atoms with Gasteiger partial charge in [0.2, 0.25) is 0 Å². The minimum absolute atomic E-state index is 0.118. The van der Waals surface area contributed by atoms with E-state index in [1.54, 1.807) is 6.07 Å². The molecule has 2 fully saturated rings. The number of nitrogens with two attached hydrogens (primary N) is 1. The Morgan fingerprint density at radius 1 is 1.11 bits per heavy atom. The van der Waals surface area contributed by atoms with Crippen LogP contribution >= 0.6 is 0 Å². The summed E-state index contributed by atoms with van der Waals surface area (Å²) >= 11 is 0. The average molecular weight is 276 g/mol. The molecule has 0 saturated heterocycles. The van der Waals surface area contributed by atoms with E-state index in [4.69, 9.17) is 11.0 Å². The first-order chi connectivity index (χ1) is 8.91. The molecule has 114 valence electrons. The fourth-order valence-corrected chi connectivity index (χ4v) is 2.01. The number of rotatable bonds is 0. The van der Waals surface area contributed by atoms with Crippen LogP contribution in [0, 0.1) is 17.2 Å². The molecule has 19 heavy (non-hydrogen) atoms. The Labute approximate surface area is 117 Å². The van der Waals surface area contributed by atoms with E-state index in [0.29, 0.717) is 0 Å². The van der Waals surface area contributed by atoms with Gasteiger partial charge in [0, 0.05) is 25.8 Å². The smallest absolute Gasteiger partial charge is 0.251 e. The maximum Gasteiger partial charge on any atom is 0.251 e. The lowest BCUT2D eigenvalue weighted by molar-refractivity contribution is -0.0840. The third-order valence-corrected chi connectivity index (χ3v) is 3.02. The standard InChI is InChI=1S/C7H14.C4H7F2N.C2H3N.C2H6/c1-7-5-3-2-4-6-7;5-4(6)1-3(7)2-4;1-2-3;1-2/h7H,2-6H2,1H3;3H,1-2,7H2;1H3;1-2H3. The van der Waals surface area contributed by atoms with Crippen LogP contribution in [0.5, 0.6) is 0 Å². The van der Waals surface area contributed by atoms with E-state index in [2.05, 4.69) is 6.92 Å². The number of halogens is 2. The summed E-state index contributed by atoms with van der Waals surface area (Å²) in [5.74, 6) is -1.40. The lowest BCUT2D eigenvalue weighted by Gasteiger charge is -2.31. The quantitative estimate of drug-likeness (QED) is 0.685. The van der Waals surface area contributed by atoms with Gasteiger partial charge < -0.3 is 5.73 Å². The van der Waals surface area contributed by atoms with Crippen molar-refractivity contribution in [3.8, 4) is 6.07 Å². The number of nitriles is 1. The van der Waals surface area contributed by atoms with E-state index in [1.807, 2.05) is 13.8 Å². The molecule has 0 amide bonds. The van der Waals surface area contributed by atoms with Crippen LogP contribution in [0.2, 0.25) is 0 Å². The van der Waals surface area contributed by atoms with E-state index < -0.39 is 5.92 Å². The van der Waals surface area contributed by atoms with Crippen LogP contribution in [0.15, 0.2) is 0 Å². The van der Waals surface area contributed by atoms with Gasteiger partial charge in [-0.1, -0.05) is 52.9 Å². The molecule has 0 heterocycles. The highest BCUT2D eigenvalue weighted by atomic mass is 19.3. The molecule has 2 saturated carbocycles. The van der Waals surface area contributed by atoms with Crippen molar-refractivity contribution in [1.29, 1.82) is 5.26 Å². The predicted octanol–water partition coefficient (Wildman–Crippen LogP) is 4.89. The Hall–Kier alpha value is -0.690. The van der Waals surface area contributed by atoms with Crippen molar-refractivity contribution in [2.24, 2.45) is 11.7 Å². The molecule has 2 nitrogen and oxygen atoms in total. The Morgan fingerprint density at radius 2 is 1.47 bits per heavy atom. The average Bonchev–Trinajstić information content (AvgIpc) is 2.32. The van der Waals surface area contributed by atoms with Gasteiger partial charge in [0.05, 0.1) is 6.07 Å². The summed E-state index contributed by atoms with van der Waals surface area (Å²) in [5.41, 5.74) is 5.07. The molecule has 0 aromatic rings.